The van der Waals surface area contributed by atoms with Gasteiger partial charge in [-0.3, -0.25) is 19.7 Å². The normalized spacial score (nSPS) is 10.6. The van der Waals surface area contributed by atoms with E-state index in [1.807, 2.05) is 0 Å². The minimum atomic E-state index is -0.557. The number of amides is 2. The van der Waals surface area contributed by atoms with Gasteiger partial charge in [0.2, 0.25) is 0 Å². The number of anilines is 1. The van der Waals surface area contributed by atoms with Crippen LogP contribution in [0.1, 0.15) is 22.8 Å². The molecule has 3 aromatic rings. The Hall–Kier alpha value is -4.80. The number of halogens is 1. The number of para-hydroxylation sites is 1. The molecule has 0 unspecified atom stereocenters. The summed E-state index contributed by atoms with van der Waals surface area (Å²) in [6.45, 7) is 1.74. The second kappa shape index (κ2) is 11.9. The lowest BCUT2D eigenvalue weighted by molar-refractivity contribution is -0.384. The zero-order chi connectivity index (χ0) is 25.2. The summed E-state index contributed by atoms with van der Waals surface area (Å²) in [5, 5.41) is 17.0. The molecule has 0 radical (unpaired) electrons. The van der Waals surface area contributed by atoms with Gasteiger partial charge in [0.25, 0.3) is 17.5 Å². The molecule has 180 valence electrons. The summed E-state index contributed by atoms with van der Waals surface area (Å²) in [4.78, 5) is 34.4. The molecule has 2 N–H and O–H groups in total. The van der Waals surface area contributed by atoms with Crippen LogP contribution < -0.4 is 20.2 Å². The topological polar surface area (TPSA) is 132 Å². The highest BCUT2D eigenvalue weighted by molar-refractivity contribution is 5.95. The van der Waals surface area contributed by atoms with Gasteiger partial charge < -0.3 is 14.8 Å². The van der Waals surface area contributed by atoms with Crippen molar-refractivity contribution in [3.8, 4) is 11.5 Å². The summed E-state index contributed by atoms with van der Waals surface area (Å²) in [6, 6.07) is 15.7. The molecule has 10 nitrogen and oxygen atoms in total. The lowest BCUT2D eigenvalue weighted by Crippen LogP contribution is -2.21. The molecule has 0 aliphatic rings. The highest BCUT2D eigenvalue weighted by atomic mass is 19.1. The standard InChI is InChI=1S/C24H21FN4O6/c1-2-34-22-13-16(14-26-28-24(31)17-8-10-18(11-9-17)29(32)33)7-12-21(22)35-15-23(30)27-20-6-4-3-5-19(20)25/h3-14H,2,15H2,1H3,(H,27,30)(H,28,31)/b26-14+. The number of ether oxygens (including phenoxy) is 2. The van der Waals surface area contributed by atoms with Gasteiger partial charge in [0.05, 0.1) is 23.4 Å². The first-order valence-electron chi connectivity index (χ1n) is 10.4. The predicted octanol–water partition coefficient (Wildman–Crippen LogP) is 3.91. The average Bonchev–Trinajstić information content (AvgIpc) is 2.85. The quantitative estimate of drug-likeness (QED) is 0.257. The molecule has 35 heavy (non-hydrogen) atoms. The van der Waals surface area contributed by atoms with Crippen LogP contribution in [0.3, 0.4) is 0 Å². The fraction of sp³-hybridized carbons (Fsp3) is 0.125. The molecule has 0 aliphatic heterocycles. The highest BCUT2D eigenvalue weighted by Crippen LogP contribution is 2.28. The van der Waals surface area contributed by atoms with Crippen LogP contribution in [0.5, 0.6) is 11.5 Å². The number of rotatable bonds is 10. The molecular formula is C24H21FN4O6. The van der Waals surface area contributed by atoms with E-state index in [0.717, 1.165) is 0 Å². The molecule has 3 aromatic carbocycles. The number of carbonyl (C=O) groups excluding carboxylic acids is 2. The van der Waals surface area contributed by atoms with Crippen LogP contribution in [0.2, 0.25) is 0 Å². The molecule has 0 aliphatic carbocycles. The molecule has 0 saturated heterocycles. The first kappa shape index (κ1) is 24.8. The van der Waals surface area contributed by atoms with Crippen LogP contribution in [0, 0.1) is 15.9 Å². The molecule has 2 amide bonds. The van der Waals surface area contributed by atoms with E-state index in [2.05, 4.69) is 15.8 Å². The number of nitrogens with one attached hydrogen (secondary N) is 2. The van der Waals surface area contributed by atoms with Crippen LogP contribution in [0.25, 0.3) is 0 Å². The fourth-order valence-electron chi connectivity index (χ4n) is 2.85. The van der Waals surface area contributed by atoms with Crippen molar-refractivity contribution in [1.82, 2.24) is 5.43 Å². The van der Waals surface area contributed by atoms with Gasteiger partial charge in [0.1, 0.15) is 5.82 Å². The van der Waals surface area contributed by atoms with Crippen LogP contribution in [-0.4, -0.2) is 36.2 Å². The largest absolute Gasteiger partial charge is 0.490 e. The van der Waals surface area contributed by atoms with Crippen molar-refractivity contribution in [3.63, 3.8) is 0 Å². The van der Waals surface area contributed by atoms with Crippen LogP contribution in [-0.2, 0) is 4.79 Å². The molecule has 0 bridgehead atoms. The first-order valence-corrected chi connectivity index (χ1v) is 10.4. The first-order chi connectivity index (χ1) is 16.9. The Bertz CT molecular complexity index is 1250. The van der Waals surface area contributed by atoms with Crippen molar-refractivity contribution >= 4 is 29.4 Å². The molecule has 0 aromatic heterocycles. The van der Waals surface area contributed by atoms with Crippen molar-refractivity contribution in [2.75, 3.05) is 18.5 Å². The van der Waals surface area contributed by atoms with E-state index >= 15 is 0 Å². The van der Waals surface area contributed by atoms with Crippen LogP contribution >= 0.6 is 0 Å². The molecule has 11 heteroatoms. The van der Waals surface area contributed by atoms with Gasteiger partial charge in [-0.25, -0.2) is 9.82 Å². The molecule has 0 atom stereocenters. The third-order valence-electron chi connectivity index (χ3n) is 4.49. The Balaban J connectivity index is 1.60. The second-order valence-corrected chi connectivity index (χ2v) is 6.96. The van der Waals surface area contributed by atoms with Gasteiger partial charge >= 0.3 is 0 Å². The van der Waals surface area contributed by atoms with Gasteiger partial charge in [0.15, 0.2) is 18.1 Å². The number of hydrazone groups is 1. The Morgan fingerprint density at radius 2 is 1.80 bits per heavy atom. The zero-order valence-electron chi connectivity index (χ0n) is 18.6. The van der Waals surface area contributed by atoms with Gasteiger partial charge in [-0.15, -0.1) is 0 Å². The number of benzene rings is 3. The number of hydrogen-bond acceptors (Lipinski definition) is 7. The van der Waals surface area contributed by atoms with Crippen molar-refractivity contribution in [3.05, 3.63) is 93.8 Å². The van der Waals surface area contributed by atoms with Crippen molar-refractivity contribution in [1.29, 1.82) is 0 Å². The van der Waals surface area contributed by atoms with Gasteiger partial charge in [-0.2, -0.15) is 5.10 Å². The van der Waals surface area contributed by atoms with Crippen molar-refractivity contribution in [2.45, 2.75) is 6.92 Å². The molecule has 0 spiro atoms. The minimum Gasteiger partial charge on any atom is -0.490 e. The third-order valence-corrected chi connectivity index (χ3v) is 4.49. The van der Waals surface area contributed by atoms with Gasteiger partial charge in [-0.05, 0) is 55.0 Å². The van der Waals surface area contributed by atoms with E-state index in [1.54, 1.807) is 31.2 Å². The number of nitro benzene ring substituents is 1. The van der Waals surface area contributed by atoms with E-state index in [-0.39, 0.29) is 23.5 Å². The fourth-order valence-corrected chi connectivity index (χ4v) is 2.85. The number of carbonyl (C=O) groups is 2. The Kier molecular flexibility index (Phi) is 8.43. The van der Waals surface area contributed by atoms with Gasteiger partial charge in [-0.1, -0.05) is 12.1 Å². The van der Waals surface area contributed by atoms with Gasteiger partial charge in [0, 0.05) is 17.7 Å². The summed E-state index contributed by atoms with van der Waals surface area (Å²) >= 11 is 0. The van der Waals surface area contributed by atoms with Crippen molar-refractivity contribution < 1.29 is 28.4 Å². The zero-order valence-corrected chi connectivity index (χ0v) is 18.6. The second-order valence-electron chi connectivity index (χ2n) is 6.96. The lowest BCUT2D eigenvalue weighted by atomic mass is 10.2. The summed E-state index contributed by atoms with van der Waals surface area (Å²) in [5.74, 6) is -1.00. The number of non-ortho nitro benzene ring substituents is 1. The Morgan fingerprint density at radius 1 is 1.06 bits per heavy atom. The lowest BCUT2D eigenvalue weighted by Gasteiger charge is -2.13. The highest BCUT2D eigenvalue weighted by Gasteiger charge is 2.11. The average molecular weight is 480 g/mol. The van der Waals surface area contributed by atoms with E-state index in [1.165, 1.54) is 48.7 Å². The maximum absolute atomic E-state index is 13.7. The van der Waals surface area contributed by atoms with Crippen LogP contribution in [0.4, 0.5) is 15.8 Å². The maximum Gasteiger partial charge on any atom is 0.271 e. The monoisotopic (exact) mass is 480 g/mol. The van der Waals surface area contributed by atoms with Crippen molar-refractivity contribution in [2.24, 2.45) is 5.10 Å². The summed E-state index contributed by atoms with van der Waals surface area (Å²) in [5.41, 5.74) is 3.04. The smallest absolute Gasteiger partial charge is 0.271 e. The molecule has 3 rings (SSSR count). The number of nitrogens with zero attached hydrogens (tertiary/aromatic N) is 2. The number of nitro groups is 1. The third kappa shape index (κ3) is 7.09. The Labute approximate surface area is 199 Å². The summed E-state index contributed by atoms with van der Waals surface area (Å²) in [6.07, 6.45) is 1.38. The van der Waals surface area contributed by atoms with E-state index in [4.69, 9.17) is 9.47 Å². The molecule has 0 fully saturated rings. The van der Waals surface area contributed by atoms with Crippen LogP contribution in [0.15, 0.2) is 71.8 Å². The predicted molar refractivity (Wildman–Crippen MR) is 126 cm³/mol. The number of hydrogen-bond donors (Lipinski definition) is 2. The SMILES string of the molecule is CCOc1cc(/C=N/NC(=O)c2ccc([N+](=O)[O-])cc2)ccc1OCC(=O)Nc1ccccc1F. The Morgan fingerprint density at radius 3 is 2.49 bits per heavy atom. The molecular weight excluding hydrogens is 459 g/mol. The van der Waals surface area contributed by atoms with E-state index < -0.39 is 22.6 Å². The minimum absolute atomic E-state index is 0.0495. The van der Waals surface area contributed by atoms with E-state index in [9.17, 15) is 24.1 Å². The summed E-state index contributed by atoms with van der Waals surface area (Å²) in [7, 11) is 0. The molecule has 0 saturated carbocycles. The van der Waals surface area contributed by atoms with E-state index in [0.29, 0.717) is 23.7 Å². The maximum atomic E-state index is 13.7. The molecule has 0 heterocycles. The summed E-state index contributed by atoms with van der Waals surface area (Å²) < 4.78 is 24.8.